The smallest absolute Gasteiger partial charge is 0.0637 e. The first-order valence-electron chi connectivity index (χ1n) is 5.85. The van der Waals surface area contributed by atoms with Crippen molar-refractivity contribution in [1.29, 1.82) is 0 Å². The molecule has 1 aromatic rings. The first-order chi connectivity index (χ1) is 7.34. The van der Waals surface area contributed by atoms with Crippen LogP contribution in [-0.2, 0) is 0 Å². The Morgan fingerprint density at radius 3 is 2.20 bits per heavy atom. The van der Waals surface area contributed by atoms with Gasteiger partial charge >= 0.3 is 0 Å². The maximum Gasteiger partial charge on any atom is 0.0637 e. The molecule has 0 radical (unpaired) electrons. The number of halogens is 1. The largest absolute Gasteiger partial charge is 0.381 e. The standard InChI is InChI=1S/C13H16ClN/c14-11-3-1-2-4-12(11)15-13(9-5-6-9)10-7-8-10/h1-4,9-10,13,15H,5-8H2. The second-order valence-electron chi connectivity index (χ2n) is 4.82. The lowest BCUT2D eigenvalue weighted by molar-refractivity contribution is 0.568. The fourth-order valence-corrected chi connectivity index (χ4v) is 2.48. The van der Waals surface area contributed by atoms with Gasteiger partial charge in [-0.15, -0.1) is 0 Å². The number of nitrogens with one attached hydrogen (secondary N) is 1. The van der Waals surface area contributed by atoms with Crippen molar-refractivity contribution in [2.24, 2.45) is 11.8 Å². The summed E-state index contributed by atoms with van der Waals surface area (Å²) in [5.41, 5.74) is 1.11. The zero-order chi connectivity index (χ0) is 10.3. The van der Waals surface area contributed by atoms with Crippen LogP contribution in [0.4, 0.5) is 5.69 Å². The van der Waals surface area contributed by atoms with E-state index in [1.165, 1.54) is 25.7 Å². The fourth-order valence-electron chi connectivity index (χ4n) is 2.29. The van der Waals surface area contributed by atoms with Crippen LogP contribution in [0.5, 0.6) is 0 Å². The summed E-state index contributed by atoms with van der Waals surface area (Å²) in [7, 11) is 0. The Labute approximate surface area is 95.8 Å². The monoisotopic (exact) mass is 221 g/mol. The molecule has 0 bridgehead atoms. The van der Waals surface area contributed by atoms with E-state index in [9.17, 15) is 0 Å². The third-order valence-electron chi connectivity index (χ3n) is 3.46. The van der Waals surface area contributed by atoms with E-state index in [1.54, 1.807) is 0 Å². The molecule has 0 unspecified atom stereocenters. The van der Waals surface area contributed by atoms with Gasteiger partial charge in [0.25, 0.3) is 0 Å². The Morgan fingerprint density at radius 2 is 1.67 bits per heavy atom. The van der Waals surface area contributed by atoms with E-state index in [2.05, 4.69) is 11.4 Å². The molecule has 15 heavy (non-hydrogen) atoms. The maximum atomic E-state index is 6.16. The molecule has 2 saturated carbocycles. The minimum atomic E-state index is 0.685. The predicted octanol–water partition coefficient (Wildman–Crippen LogP) is 3.94. The maximum absolute atomic E-state index is 6.16. The third-order valence-corrected chi connectivity index (χ3v) is 3.79. The van der Waals surface area contributed by atoms with Gasteiger partial charge < -0.3 is 5.32 Å². The Hall–Kier alpha value is -0.690. The fraction of sp³-hybridized carbons (Fsp3) is 0.538. The number of hydrogen-bond donors (Lipinski definition) is 1. The van der Waals surface area contributed by atoms with Crippen molar-refractivity contribution in [2.75, 3.05) is 5.32 Å². The molecule has 1 nitrogen and oxygen atoms in total. The molecule has 2 aliphatic carbocycles. The summed E-state index contributed by atoms with van der Waals surface area (Å²) >= 11 is 6.16. The molecular weight excluding hydrogens is 206 g/mol. The second kappa shape index (κ2) is 3.71. The molecule has 0 heterocycles. The summed E-state index contributed by atoms with van der Waals surface area (Å²) in [5, 5.41) is 4.49. The first-order valence-corrected chi connectivity index (χ1v) is 6.23. The van der Waals surface area contributed by atoms with Crippen molar-refractivity contribution >= 4 is 17.3 Å². The topological polar surface area (TPSA) is 12.0 Å². The van der Waals surface area contributed by atoms with Crippen molar-refractivity contribution < 1.29 is 0 Å². The highest BCUT2D eigenvalue weighted by Gasteiger charge is 2.41. The quantitative estimate of drug-likeness (QED) is 0.812. The molecule has 0 spiro atoms. The minimum absolute atomic E-state index is 0.685. The lowest BCUT2D eigenvalue weighted by atomic mass is 10.1. The molecule has 1 N–H and O–H groups in total. The van der Waals surface area contributed by atoms with Crippen molar-refractivity contribution in [2.45, 2.75) is 31.7 Å². The Bertz CT molecular complexity index is 343. The van der Waals surface area contributed by atoms with Crippen LogP contribution in [0.2, 0.25) is 5.02 Å². The van der Waals surface area contributed by atoms with E-state index in [0.717, 1.165) is 22.5 Å². The number of anilines is 1. The van der Waals surface area contributed by atoms with E-state index in [4.69, 9.17) is 11.6 Å². The predicted molar refractivity (Wildman–Crippen MR) is 64.3 cm³/mol. The third kappa shape index (κ3) is 2.12. The Balaban J connectivity index is 1.74. The van der Waals surface area contributed by atoms with Gasteiger partial charge in [0.1, 0.15) is 0 Å². The van der Waals surface area contributed by atoms with Gasteiger partial charge in [-0.2, -0.15) is 0 Å². The lowest BCUT2D eigenvalue weighted by Gasteiger charge is -2.19. The summed E-state index contributed by atoms with van der Waals surface area (Å²) < 4.78 is 0. The van der Waals surface area contributed by atoms with Gasteiger partial charge in [0.15, 0.2) is 0 Å². The van der Waals surface area contributed by atoms with Crippen LogP contribution in [0, 0.1) is 11.8 Å². The highest BCUT2D eigenvalue weighted by atomic mass is 35.5. The highest BCUT2D eigenvalue weighted by Crippen LogP contribution is 2.46. The molecular formula is C13H16ClN. The SMILES string of the molecule is Clc1ccccc1NC(C1CC1)C1CC1. The molecule has 1 aromatic carbocycles. The van der Waals surface area contributed by atoms with Gasteiger partial charge in [0.05, 0.1) is 10.7 Å². The number of para-hydroxylation sites is 1. The van der Waals surface area contributed by atoms with Gasteiger partial charge in [0.2, 0.25) is 0 Å². The average molecular weight is 222 g/mol. The van der Waals surface area contributed by atoms with Crippen LogP contribution in [0.3, 0.4) is 0 Å². The van der Waals surface area contributed by atoms with E-state index < -0.39 is 0 Å². The number of rotatable bonds is 4. The molecule has 2 aliphatic rings. The average Bonchev–Trinajstić information content (AvgIpc) is 3.10. The second-order valence-corrected chi connectivity index (χ2v) is 5.23. The Morgan fingerprint density at radius 1 is 1.07 bits per heavy atom. The van der Waals surface area contributed by atoms with Crippen LogP contribution in [0.1, 0.15) is 25.7 Å². The van der Waals surface area contributed by atoms with Crippen LogP contribution in [-0.4, -0.2) is 6.04 Å². The summed E-state index contributed by atoms with van der Waals surface area (Å²) in [5.74, 6) is 1.82. The zero-order valence-corrected chi connectivity index (χ0v) is 9.50. The first kappa shape index (κ1) is 9.53. The van der Waals surface area contributed by atoms with Crippen molar-refractivity contribution in [3.05, 3.63) is 29.3 Å². The van der Waals surface area contributed by atoms with Gasteiger partial charge in [-0.25, -0.2) is 0 Å². The normalized spacial score (nSPS) is 20.7. The van der Waals surface area contributed by atoms with E-state index in [-0.39, 0.29) is 0 Å². The van der Waals surface area contributed by atoms with Crippen molar-refractivity contribution in [1.82, 2.24) is 0 Å². The molecule has 80 valence electrons. The van der Waals surface area contributed by atoms with Crippen LogP contribution < -0.4 is 5.32 Å². The van der Waals surface area contributed by atoms with Gasteiger partial charge in [-0.05, 0) is 49.7 Å². The van der Waals surface area contributed by atoms with E-state index >= 15 is 0 Å². The zero-order valence-electron chi connectivity index (χ0n) is 8.75. The summed E-state index contributed by atoms with van der Waals surface area (Å²) in [6.45, 7) is 0. The minimum Gasteiger partial charge on any atom is -0.381 e. The molecule has 2 heteroatoms. The highest BCUT2D eigenvalue weighted by molar-refractivity contribution is 6.33. The lowest BCUT2D eigenvalue weighted by Crippen LogP contribution is -2.24. The van der Waals surface area contributed by atoms with E-state index in [1.807, 2.05) is 18.2 Å². The molecule has 0 aliphatic heterocycles. The van der Waals surface area contributed by atoms with Crippen LogP contribution in [0.25, 0.3) is 0 Å². The summed E-state index contributed by atoms with van der Waals surface area (Å²) in [6, 6.07) is 8.76. The number of benzene rings is 1. The van der Waals surface area contributed by atoms with E-state index in [0.29, 0.717) is 6.04 Å². The van der Waals surface area contributed by atoms with Crippen molar-refractivity contribution in [3.8, 4) is 0 Å². The number of hydrogen-bond acceptors (Lipinski definition) is 1. The van der Waals surface area contributed by atoms with Gasteiger partial charge in [0, 0.05) is 6.04 Å². The van der Waals surface area contributed by atoms with Crippen molar-refractivity contribution in [3.63, 3.8) is 0 Å². The molecule has 3 rings (SSSR count). The van der Waals surface area contributed by atoms with Gasteiger partial charge in [-0.3, -0.25) is 0 Å². The molecule has 0 saturated heterocycles. The van der Waals surface area contributed by atoms with Crippen LogP contribution >= 0.6 is 11.6 Å². The molecule has 0 aromatic heterocycles. The summed E-state index contributed by atoms with van der Waals surface area (Å²) in [4.78, 5) is 0. The molecule has 0 atom stereocenters. The Kier molecular flexibility index (Phi) is 2.36. The summed E-state index contributed by atoms with van der Waals surface area (Å²) in [6.07, 6.45) is 5.61. The molecule has 0 amide bonds. The van der Waals surface area contributed by atoms with Crippen LogP contribution in [0.15, 0.2) is 24.3 Å². The molecule has 2 fully saturated rings. The van der Waals surface area contributed by atoms with Gasteiger partial charge in [-0.1, -0.05) is 23.7 Å².